The Labute approximate surface area is 131 Å². The van der Waals surface area contributed by atoms with E-state index in [1.807, 2.05) is 48.2 Å². The third-order valence-corrected chi connectivity index (χ3v) is 3.32. The molecule has 0 aliphatic heterocycles. The number of anilines is 1. The van der Waals surface area contributed by atoms with Gasteiger partial charge >= 0.3 is 0 Å². The van der Waals surface area contributed by atoms with E-state index in [0.29, 0.717) is 25.2 Å². The molecule has 2 aromatic rings. The van der Waals surface area contributed by atoms with Gasteiger partial charge in [-0.25, -0.2) is 0 Å². The molecule has 0 atom stereocenters. The highest BCUT2D eigenvalue weighted by Crippen LogP contribution is 2.13. The Hall–Kier alpha value is -2.62. The molecule has 2 rings (SSSR count). The van der Waals surface area contributed by atoms with Gasteiger partial charge in [0, 0.05) is 32.0 Å². The summed E-state index contributed by atoms with van der Waals surface area (Å²) >= 11 is 0. The fourth-order valence-electron chi connectivity index (χ4n) is 2.16. The van der Waals surface area contributed by atoms with Crippen molar-refractivity contribution in [1.29, 1.82) is 0 Å². The Morgan fingerprint density at radius 3 is 2.77 bits per heavy atom. The van der Waals surface area contributed by atoms with Gasteiger partial charge in [0.05, 0.1) is 11.3 Å². The number of nitrogens with zero attached hydrogens (tertiary/aromatic N) is 2. The molecule has 114 valence electrons. The van der Waals surface area contributed by atoms with E-state index in [-0.39, 0.29) is 5.91 Å². The highest BCUT2D eigenvalue weighted by atomic mass is 16.2. The van der Waals surface area contributed by atoms with E-state index in [0.717, 1.165) is 11.3 Å². The lowest BCUT2D eigenvalue weighted by Gasteiger charge is -2.21. The summed E-state index contributed by atoms with van der Waals surface area (Å²) in [6, 6.07) is 11.8. The number of nitrogens with one attached hydrogen (secondary N) is 1. The van der Waals surface area contributed by atoms with Gasteiger partial charge < -0.3 is 10.2 Å². The standard InChI is InChI=1S/C18H21N3O/c1-3-10-20-17-11-16(12-19-13-17)18(22)21(4-2)14-15-8-6-5-7-9-15/h3,5-9,11-13,20H,1,4,10,14H2,2H3. The molecule has 1 aromatic heterocycles. The van der Waals surface area contributed by atoms with Gasteiger partial charge in [-0.05, 0) is 18.6 Å². The van der Waals surface area contributed by atoms with Gasteiger partial charge in [-0.1, -0.05) is 36.4 Å². The predicted molar refractivity (Wildman–Crippen MR) is 89.8 cm³/mol. The second kappa shape index (κ2) is 7.98. The number of hydrogen-bond acceptors (Lipinski definition) is 3. The molecule has 1 N–H and O–H groups in total. The first-order chi connectivity index (χ1) is 10.7. The molecular weight excluding hydrogens is 274 g/mol. The van der Waals surface area contributed by atoms with Crippen LogP contribution in [0, 0.1) is 0 Å². The summed E-state index contributed by atoms with van der Waals surface area (Å²) < 4.78 is 0. The van der Waals surface area contributed by atoms with Crippen LogP contribution in [0.25, 0.3) is 0 Å². The van der Waals surface area contributed by atoms with Gasteiger partial charge in [0.25, 0.3) is 5.91 Å². The molecule has 1 aromatic carbocycles. The fraction of sp³-hybridized carbons (Fsp3) is 0.222. The van der Waals surface area contributed by atoms with Crippen LogP contribution in [-0.4, -0.2) is 28.9 Å². The molecule has 0 unspecified atom stereocenters. The van der Waals surface area contributed by atoms with E-state index in [4.69, 9.17) is 0 Å². The van der Waals surface area contributed by atoms with Crippen LogP contribution in [0.4, 0.5) is 5.69 Å². The number of aromatic nitrogens is 1. The molecule has 0 spiro atoms. The van der Waals surface area contributed by atoms with Crippen molar-refractivity contribution in [2.45, 2.75) is 13.5 Å². The fourth-order valence-corrected chi connectivity index (χ4v) is 2.16. The Balaban J connectivity index is 2.12. The van der Waals surface area contributed by atoms with E-state index in [1.165, 1.54) is 0 Å². The number of rotatable bonds is 7. The number of benzene rings is 1. The first-order valence-electron chi connectivity index (χ1n) is 7.37. The van der Waals surface area contributed by atoms with Crippen LogP contribution in [0.5, 0.6) is 0 Å². The molecule has 22 heavy (non-hydrogen) atoms. The summed E-state index contributed by atoms with van der Waals surface area (Å²) in [6.45, 7) is 7.53. The maximum atomic E-state index is 12.6. The van der Waals surface area contributed by atoms with Crippen LogP contribution in [0.3, 0.4) is 0 Å². The van der Waals surface area contributed by atoms with Crippen molar-refractivity contribution in [3.05, 3.63) is 72.6 Å². The third-order valence-electron chi connectivity index (χ3n) is 3.32. The quantitative estimate of drug-likeness (QED) is 0.797. The predicted octanol–water partition coefficient (Wildman–Crippen LogP) is 3.34. The highest BCUT2D eigenvalue weighted by Gasteiger charge is 2.15. The summed E-state index contributed by atoms with van der Waals surface area (Å²) in [5.41, 5.74) is 2.53. The summed E-state index contributed by atoms with van der Waals surface area (Å²) in [6.07, 6.45) is 5.07. The molecule has 0 saturated heterocycles. The van der Waals surface area contributed by atoms with E-state index in [9.17, 15) is 4.79 Å². The Kier molecular flexibility index (Phi) is 5.72. The second-order valence-electron chi connectivity index (χ2n) is 4.94. The van der Waals surface area contributed by atoms with Gasteiger partial charge in [0.15, 0.2) is 0 Å². The third kappa shape index (κ3) is 4.19. The number of pyridine rings is 1. The molecule has 0 radical (unpaired) electrons. The highest BCUT2D eigenvalue weighted by molar-refractivity contribution is 5.94. The Morgan fingerprint density at radius 1 is 1.32 bits per heavy atom. The number of carbonyl (C=O) groups excluding carboxylic acids is 1. The van der Waals surface area contributed by atoms with Crippen molar-refractivity contribution >= 4 is 11.6 Å². The molecule has 1 heterocycles. The van der Waals surface area contributed by atoms with Crippen LogP contribution in [0.15, 0.2) is 61.4 Å². The van der Waals surface area contributed by atoms with Gasteiger partial charge in [0.2, 0.25) is 0 Å². The molecule has 4 heteroatoms. The number of amides is 1. The maximum absolute atomic E-state index is 12.6. The average Bonchev–Trinajstić information content (AvgIpc) is 2.58. The lowest BCUT2D eigenvalue weighted by atomic mass is 10.2. The minimum Gasteiger partial charge on any atom is -0.380 e. The van der Waals surface area contributed by atoms with E-state index >= 15 is 0 Å². The summed E-state index contributed by atoms with van der Waals surface area (Å²) in [7, 11) is 0. The summed E-state index contributed by atoms with van der Waals surface area (Å²) in [5.74, 6) is -0.0129. The van der Waals surface area contributed by atoms with Gasteiger partial charge in [0.1, 0.15) is 0 Å². The van der Waals surface area contributed by atoms with Crippen molar-refractivity contribution in [1.82, 2.24) is 9.88 Å². The van der Waals surface area contributed by atoms with Gasteiger partial charge in [-0.15, -0.1) is 6.58 Å². The minimum absolute atomic E-state index is 0.0129. The molecule has 0 bridgehead atoms. The van der Waals surface area contributed by atoms with E-state index in [2.05, 4.69) is 16.9 Å². The normalized spacial score (nSPS) is 10.0. The average molecular weight is 295 g/mol. The Morgan fingerprint density at radius 2 is 2.09 bits per heavy atom. The van der Waals surface area contributed by atoms with Crippen LogP contribution in [0.1, 0.15) is 22.8 Å². The minimum atomic E-state index is -0.0129. The van der Waals surface area contributed by atoms with Crippen molar-refractivity contribution in [2.24, 2.45) is 0 Å². The molecule has 0 aliphatic carbocycles. The molecule has 4 nitrogen and oxygen atoms in total. The van der Waals surface area contributed by atoms with Crippen LogP contribution >= 0.6 is 0 Å². The van der Waals surface area contributed by atoms with E-state index < -0.39 is 0 Å². The summed E-state index contributed by atoms with van der Waals surface area (Å²) in [5, 5.41) is 3.14. The molecule has 0 aliphatic rings. The maximum Gasteiger partial charge on any atom is 0.255 e. The SMILES string of the molecule is C=CCNc1cncc(C(=O)N(CC)Cc2ccccc2)c1. The number of carbonyl (C=O) groups is 1. The lowest BCUT2D eigenvalue weighted by molar-refractivity contribution is 0.0752. The van der Waals surface area contributed by atoms with Crippen LogP contribution in [0.2, 0.25) is 0 Å². The Bertz CT molecular complexity index is 625. The first kappa shape index (κ1) is 15.8. The zero-order valence-electron chi connectivity index (χ0n) is 12.8. The first-order valence-corrected chi connectivity index (χ1v) is 7.37. The largest absolute Gasteiger partial charge is 0.380 e. The van der Waals surface area contributed by atoms with Crippen molar-refractivity contribution in [3.63, 3.8) is 0 Å². The molecule has 0 fully saturated rings. The topological polar surface area (TPSA) is 45.2 Å². The van der Waals surface area contributed by atoms with Crippen molar-refractivity contribution in [2.75, 3.05) is 18.4 Å². The molecule has 1 amide bonds. The molecule has 0 saturated carbocycles. The monoisotopic (exact) mass is 295 g/mol. The smallest absolute Gasteiger partial charge is 0.255 e. The van der Waals surface area contributed by atoms with Gasteiger partial charge in [-0.2, -0.15) is 0 Å². The zero-order chi connectivity index (χ0) is 15.8. The van der Waals surface area contributed by atoms with Gasteiger partial charge in [-0.3, -0.25) is 9.78 Å². The van der Waals surface area contributed by atoms with Crippen LogP contribution < -0.4 is 5.32 Å². The van der Waals surface area contributed by atoms with E-state index in [1.54, 1.807) is 18.5 Å². The molecular formula is C18H21N3O. The zero-order valence-corrected chi connectivity index (χ0v) is 12.8. The summed E-state index contributed by atoms with van der Waals surface area (Å²) in [4.78, 5) is 18.6. The van der Waals surface area contributed by atoms with Crippen LogP contribution in [-0.2, 0) is 6.54 Å². The lowest BCUT2D eigenvalue weighted by Crippen LogP contribution is -2.30. The number of hydrogen-bond donors (Lipinski definition) is 1. The van der Waals surface area contributed by atoms with Crippen molar-refractivity contribution in [3.8, 4) is 0 Å². The van der Waals surface area contributed by atoms with Crippen molar-refractivity contribution < 1.29 is 4.79 Å². The second-order valence-corrected chi connectivity index (χ2v) is 4.94.